The lowest BCUT2D eigenvalue weighted by Gasteiger charge is -2.22. The third-order valence-electron chi connectivity index (χ3n) is 2.41. The van der Waals surface area contributed by atoms with E-state index in [0.29, 0.717) is 26.2 Å². The van der Waals surface area contributed by atoms with E-state index in [4.69, 9.17) is 0 Å². The van der Waals surface area contributed by atoms with Crippen molar-refractivity contribution in [3.05, 3.63) is 0 Å². The lowest BCUT2D eigenvalue weighted by atomic mass is 10.3. The van der Waals surface area contributed by atoms with Crippen molar-refractivity contribution in [2.75, 3.05) is 45.5 Å². The van der Waals surface area contributed by atoms with Crippen molar-refractivity contribution in [2.45, 2.75) is 20.0 Å². The van der Waals surface area contributed by atoms with E-state index in [-0.39, 0.29) is 0 Å². The van der Waals surface area contributed by atoms with Crippen molar-refractivity contribution in [3.63, 3.8) is 0 Å². The second kappa shape index (κ2) is 8.82. The van der Waals surface area contributed by atoms with E-state index >= 15 is 0 Å². The van der Waals surface area contributed by atoms with Crippen LogP contribution in [-0.4, -0.2) is 70.1 Å². The average Bonchev–Trinajstić information content (AvgIpc) is 2.23. The second-order valence-corrected chi connectivity index (χ2v) is 5.84. The summed E-state index contributed by atoms with van der Waals surface area (Å²) in [4.78, 5) is 2.14. The van der Waals surface area contributed by atoms with Gasteiger partial charge in [0.05, 0.1) is 12.4 Å². The maximum absolute atomic E-state index is 10.8. The topological polar surface area (TPSA) is 81.7 Å². The van der Waals surface area contributed by atoms with Gasteiger partial charge in [-0.1, -0.05) is 13.8 Å². The van der Waals surface area contributed by atoms with Gasteiger partial charge < -0.3 is 15.3 Å². The monoisotopic (exact) mass is 267 g/mol. The summed E-state index contributed by atoms with van der Waals surface area (Å²) in [6.07, 6.45) is 0.704. The molecule has 17 heavy (non-hydrogen) atoms. The maximum Gasteiger partial charge on any atom is 0.208 e. The highest BCUT2D eigenvalue weighted by molar-refractivity contribution is 7.88. The van der Waals surface area contributed by atoms with Crippen LogP contribution < -0.4 is 10.0 Å². The van der Waals surface area contributed by atoms with Gasteiger partial charge in [-0.05, 0) is 13.1 Å². The molecular formula is C10H25N3O3S. The van der Waals surface area contributed by atoms with Gasteiger partial charge >= 0.3 is 0 Å². The zero-order valence-electron chi connectivity index (χ0n) is 10.9. The number of sulfonamides is 1. The summed E-state index contributed by atoms with van der Waals surface area (Å²) in [5.41, 5.74) is 0. The third kappa shape index (κ3) is 10.7. The predicted molar refractivity (Wildman–Crippen MR) is 69.5 cm³/mol. The van der Waals surface area contributed by atoms with Crippen LogP contribution in [0.15, 0.2) is 0 Å². The summed E-state index contributed by atoms with van der Waals surface area (Å²) in [5.74, 6) is 0. The van der Waals surface area contributed by atoms with Crippen LogP contribution in [0.1, 0.15) is 13.8 Å². The van der Waals surface area contributed by atoms with Crippen LogP contribution in [0.4, 0.5) is 0 Å². The molecule has 0 radical (unpaired) electrons. The molecule has 0 bridgehead atoms. The number of rotatable bonds is 10. The summed E-state index contributed by atoms with van der Waals surface area (Å²) in [5, 5.41) is 12.7. The summed E-state index contributed by atoms with van der Waals surface area (Å²) >= 11 is 0. The van der Waals surface area contributed by atoms with Gasteiger partial charge in [0.1, 0.15) is 0 Å². The van der Waals surface area contributed by atoms with Gasteiger partial charge in [-0.2, -0.15) is 0 Å². The molecule has 0 aromatic carbocycles. The Kier molecular flexibility index (Phi) is 8.71. The average molecular weight is 267 g/mol. The van der Waals surface area contributed by atoms with Gasteiger partial charge in [0.2, 0.25) is 10.0 Å². The fourth-order valence-electron chi connectivity index (χ4n) is 1.44. The van der Waals surface area contributed by atoms with Gasteiger partial charge in [0.25, 0.3) is 0 Å². The van der Waals surface area contributed by atoms with E-state index in [0.717, 1.165) is 19.3 Å². The molecule has 0 aliphatic heterocycles. The first-order chi connectivity index (χ1) is 7.89. The molecule has 104 valence electrons. The molecule has 0 aliphatic carbocycles. The number of aliphatic hydroxyl groups excluding tert-OH is 1. The fraction of sp³-hybridized carbons (Fsp3) is 1.00. The second-order valence-electron chi connectivity index (χ2n) is 4.01. The molecule has 0 aromatic heterocycles. The molecule has 0 rings (SSSR count). The van der Waals surface area contributed by atoms with Crippen LogP contribution in [0.25, 0.3) is 0 Å². The number of likely N-dealkylation sites (N-methyl/N-ethyl adjacent to an activating group) is 1. The SMILES string of the molecule is CCN(CC)CC(O)CNCCNS(C)(=O)=O. The highest BCUT2D eigenvalue weighted by atomic mass is 32.2. The summed E-state index contributed by atoms with van der Waals surface area (Å²) in [6, 6.07) is 0. The Labute approximate surface area is 104 Å². The molecule has 0 aromatic rings. The Balaban J connectivity index is 3.54. The van der Waals surface area contributed by atoms with E-state index in [1.807, 2.05) is 0 Å². The first kappa shape index (κ1) is 16.8. The first-order valence-electron chi connectivity index (χ1n) is 5.94. The lowest BCUT2D eigenvalue weighted by molar-refractivity contribution is 0.117. The standard InChI is InChI=1S/C10H25N3O3S/c1-4-13(5-2)9-10(14)8-11-6-7-12-17(3,15)16/h10-12,14H,4-9H2,1-3H3. The molecular weight excluding hydrogens is 242 g/mol. The summed E-state index contributed by atoms with van der Waals surface area (Å²) in [6.45, 7) is 7.92. The van der Waals surface area contributed by atoms with Crippen molar-refractivity contribution in [2.24, 2.45) is 0 Å². The molecule has 1 unspecified atom stereocenters. The molecule has 0 fully saturated rings. The molecule has 1 atom stereocenters. The minimum Gasteiger partial charge on any atom is -0.390 e. The molecule has 3 N–H and O–H groups in total. The first-order valence-corrected chi connectivity index (χ1v) is 7.84. The molecule has 6 nitrogen and oxygen atoms in total. The highest BCUT2D eigenvalue weighted by Gasteiger charge is 2.08. The largest absolute Gasteiger partial charge is 0.390 e. The van der Waals surface area contributed by atoms with Crippen LogP contribution in [0.3, 0.4) is 0 Å². The van der Waals surface area contributed by atoms with Crippen molar-refractivity contribution in [1.82, 2.24) is 14.9 Å². The van der Waals surface area contributed by atoms with E-state index in [9.17, 15) is 13.5 Å². The molecule has 0 heterocycles. The number of aliphatic hydroxyl groups is 1. The van der Waals surface area contributed by atoms with Gasteiger partial charge in [0.15, 0.2) is 0 Å². The molecule has 0 saturated heterocycles. The minimum atomic E-state index is -3.11. The van der Waals surface area contributed by atoms with Gasteiger partial charge in [0, 0.05) is 26.2 Å². The van der Waals surface area contributed by atoms with E-state index in [1.54, 1.807) is 0 Å². The quantitative estimate of drug-likeness (QED) is 0.435. The smallest absolute Gasteiger partial charge is 0.208 e. The molecule has 0 aliphatic rings. The Morgan fingerprint density at radius 1 is 1.24 bits per heavy atom. The van der Waals surface area contributed by atoms with Gasteiger partial charge in [-0.25, -0.2) is 13.1 Å². The number of nitrogens with one attached hydrogen (secondary N) is 2. The van der Waals surface area contributed by atoms with Crippen LogP contribution >= 0.6 is 0 Å². The van der Waals surface area contributed by atoms with E-state index in [1.165, 1.54) is 0 Å². The van der Waals surface area contributed by atoms with Crippen LogP contribution in [0, 0.1) is 0 Å². The van der Waals surface area contributed by atoms with Crippen LogP contribution in [-0.2, 0) is 10.0 Å². The number of hydrogen-bond donors (Lipinski definition) is 3. The normalized spacial score (nSPS) is 14.2. The Bertz CT molecular complexity index is 279. The highest BCUT2D eigenvalue weighted by Crippen LogP contribution is 1.90. The van der Waals surface area contributed by atoms with Crippen LogP contribution in [0.5, 0.6) is 0 Å². The van der Waals surface area contributed by atoms with E-state index < -0.39 is 16.1 Å². The number of hydrogen-bond acceptors (Lipinski definition) is 5. The third-order valence-corrected chi connectivity index (χ3v) is 3.14. The zero-order chi connectivity index (χ0) is 13.3. The van der Waals surface area contributed by atoms with Gasteiger partial charge in [-0.3, -0.25) is 0 Å². The fourth-order valence-corrected chi connectivity index (χ4v) is 1.91. The summed E-state index contributed by atoms with van der Waals surface area (Å²) in [7, 11) is -3.11. The van der Waals surface area contributed by atoms with Crippen molar-refractivity contribution >= 4 is 10.0 Å². The summed E-state index contributed by atoms with van der Waals surface area (Å²) < 4.78 is 23.9. The Morgan fingerprint density at radius 3 is 2.29 bits per heavy atom. The zero-order valence-corrected chi connectivity index (χ0v) is 11.8. The van der Waals surface area contributed by atoms with Gasteiger partial charge in [-0.15, -0.1) is 0 Å². The van der Waals surface area contributed by atoms with Crippen molar-refractivity contribution in [3.8, 4) is 0 Å². The molecule has 0 saturated carbocycles. The van der Waals surface area contributed by atoms with Crippen LogP contribution in [0.2, 0.25) is 0 Å². The predicted octanol–water partition coefficient (Wildman–Crippen LogP) is -1.17. The van der Waals surface area contributed by atoms with Crippen molar-refractivity contribution < 1.29 is 13.5 Å². The Hall–Kier alpha value is -0.210. The van der Waals surface area contributed by atoms with Crippen molar-refractivity contribution in [1.29, 1.82) is 0 Å². The Morgan fingerprint density at radius 2 is 1.82 bits per heavy atom. The minimum absolute atomic E-state index is 0.344. The maximum atomic E-state index is 10.8. The lowest BCUT2D eigenvalue weighted by Crippen LogP contribution is -2.40. The molecule has 7 heteroatoms. The molecule has 0 amide bonds. The number of nitrogens with zero attached hydrogens (tertiary/aromatic N) is 1. The molecule has 0 spiro atoms. The van der Waals surface area contributed by atoms with E-state index in [2.05, 4.69) is 28.8 Å².